The molecular weight excluding hydrogens is 216 g/mol. The lowest BCUT2D eigenvalue weighted by Gasteiger charge is -2.16. The Bertz CT molecular complexity index is 329. The fraction of sp³-hybridized carbons (Fsp3) is 0.833. The van der Waals surface area contributed by atoms with Crippen LogP contribution in [-0.4, -0.2) is 47.8 Å². The van der Waals surface area contributed by atoms with Gasteiger partial charge in [-0.3, -0.25) is 0 Å². The van der Waals surface area contributed by atoms with Gasteiger partial charge in [-0.25, -0.2) is 0 Å². The zero-order chi connectivity index (χ0) is 12.1. The third-order valence-corrected chi connectivity index (χ3v) is 3.44. The van der Waals surface area contributed by atoms with E-state index < -0.39 is 0 Å². The summed E-state index contributed by atoms with van der Waals surface area (Å²) in [6, 6.07) is 0. The van der Waals surface area contributed by atoms with Crippen LogP contribution in [0.5, 0.6) is 0 Å². The average molecular weight is 238 g/mol. The third-order valence-electron chi connectivity index (χ3n) is 3.44. The molecule has 1 unspecified atom stereocenters. The van der Waals surface area contributed by atoms with Crippen molar-refractivity contribution in [1.82, 2.24) is 20.4 Å². The zero-order valence-electron chi connectivity index (χ0n) is 10.8. The molecule has 0 amide bonds. The second-order valence-electron chi connectivity index (χ2n) is 4.52. The predicted molar refractivity (Wildman–Crippen MR) is 66.0 cm³/mol. The van der Waals surface area contributed by atoms with Crippen LogP contribution in [0.4, 0.5) is 0 Å². The van der Waals surface area contributed by atoms with E-state index in [0.29, 0.717) is 5.92 Å². The van der Waals surface area contributed by atoms with Crippen LogP contribution in [0, 0.1) is 0 Å². The van der Waals surface area contributed by atoms with Gasteiger partial charge in [0.2, 0.25) is 5.89 Å². The molecular formula is C12H22N4O. The molecule has 1 aliphatic rings. The average Bonchev–Trinajstić information content (AvgIpc) is 3.01. The minimum absolute atomic E-state index is 0.421. The minimum Gasteiger partial charge on any atom is -0.339 e. The molecule has 17 heavy (non-hydrogen) atoms. The maximum atomic E-state index is 5.33. The van der Waals surface area contributed by atoms with Gasteiger partial charge in [0.05, 0.1) is 5.92 Å². The number of nitrogens with one attached hydrogen (secondary N) is 1. The lowest BCUT2D eigenvalue weighted by atomic mass is 10.1. The van der Waals surface area contributed by atoms with E-state index in [1.54, 1.807) is 0 Å². The normalized spacial score (nSPS) is 20.3. The number of hydrogen-bond donors (Lipinski definition) is 1. The topological polar surface area (TPSA) is 54.2 Å². The summed E-state index contributed by atoms with van der Waals surface area (Å²) < 4.78 is 5.33. The molecule has 96 valence electrons. The number of hydrogen-bond acceptors (Lipinski definition) is 5. The first-order valence-electron chi connectivity index (χ1n) is 6.59. The van der Waals surface area contributed by atoms with E-state index in [1.165, 1.54) is 0 Å². The van der Waals surface area contributed by atoms with E-state index in [-0.39, 0.29) is 0 Å². The van der Waals surface area contributed by atoms with Gasteiger partial charge in [0.25, 0.3) is 0 Å². The summed E-state index contributed by atoms with van der Waals surface area (Å²) in [5.74, 6) is 2.08. The van der Waals surface area contributed by atoms with Crippen molar-refractivity contribution in [2.75, 3.05) is 32.7 Å². The molecule has 2 heterocycles. The highest BCUT2D eigenvalue weighted by molar-refractivity contribution is 4.98. The Morgan fingerprint density at radius 1 is 1.41 bits per heavy atom. The Morgan fingerprint density at radius 3 is 2.88 bits per heavy atom. The van der Waals surface area contributed by atoms with E-state index >= 15 is 0 Å². The standard InChI is InChI=1S/C12H22N4O/c1-3-16(4-2)8-6-11-14-12(17-15-11)10-5-7-13-9-10/h10,13H,3-9H2,1-2H3. The lowest BCUT2D eigenvalue weighted by molar-refractivity contribution is 0.302. The number of rotatable bonds is 6. The Hall–Kier alpha value is -0.940. The van der Waals surface area contributed by atoms with Crippen LogP contribution >= 0.6 is 0 Å². The van der Waals surface area contributed by atoms with Crippen molar-refractivity contribution < 1.29 is 4.52 Å². The molecule has 0 aromatic carbocycles. The molecule has 2 rings (SSSR count). The first-order valence-corrected chi connectivity index (χ1v) is 6.59. The Kier molecular flexibility index (Phi) is 4.50. The molecule has 1 N–H and O–H groups in total. The van der Waals surface area contributed by atoms with Gasteiger partial charge >= 0.3 is 0 Å². The molecule has 0 saturated carbocycles. The van der Waals surface area contributed by atoms with Crippen LogP contribution in [0.2, 0.25) is 0 Å². The van der Waals surface area contributed by atoms with Crippen LogP contribution in [-0.2, 0) is 6.42 Å². The van der Waals surface area contributed by atoms with Gasteiger partial charge in [-0.05, 0) is 26.1 Å². The predicted octanol–water partition coefficient (Wildman–Crippen LogP) is 1.03. The van der Waals surface area contributed by atoms with Crippen molar-refractivity contribution in [2.45, 2.75) is 32.6 Å². The number of likely N-dealkylation sites (N-methyl/N-ethyl adjacent to an activating group) is 1. The maximum absolute atomic E-state index is 5.33. The van der Waals surface area contributed by atoms with Crippen LogP contribution in [0.3, 0.4) is 0 Å². The van der Waals surface area contributed by atoms with Crippen LogP contribution in [0.15, 0.2) is 4.52 Å². The van der Waals surface area contributed by atoms with E-state index in [2.05, 4.69) is 34.2 Å². The van der Waals surface area contributed by atoms with E-state index in [9.17, 15) is 0 Å². The molecule has 1 atom stereocenters. The molecule has 1 fully saturated rings. The summed E-state index contributed by atoms with van der Waals surface area (Å²) >= 11 is 0. The molecule has 5 heteroatoms. The fourth-order valence-electron chi connectivity index (χ4n) is 2.20. The van der Waals surface area contributed by atoms with Crippen molar-refractivity contribution >= 4 is 0 Å². The Balaban J connectivity index is 1.85. The van der Waals surface area contributed by atoms with Crippen molar-refractivity contribution in [2.24, 2.45) is 0 Å². The van der Waals surface area contributed by atoms with Gasteiger partial charge in [-0.2, -0.15) is 4.98 Å². The summed E-state index contributed by atoms with van der Waals surface area (Å²) in [7, 11) is 0. The fourth-order valence-corrected chi connectivity index (χ4v) is 2.20. The van der Waals surface area contributed by atoms with Gasteiger partial charge in [0.1, 0.15) is 0 Å². The third kappa shape index (κ3) is 3.26. The summed E-state index contributed by atoms with van der Waals surface area (Å²) in [6.45, 7) is 9.54. The Morgan fingerprint density at radius 2 is 2.24 bits per heavy atom. The lowest BCUT2D eigenvalue weighted by Crippen LogP contribution is -2.25. The zero-order valence-corrected chi connectivity index (χ0v) is 10.8. The first kappa shape index (κ1) is 12.5. The highest BCUT2D eigenvalue weighted by Crippen LogP contribution is 2.20. The van der Waals surface area contributed by atoms with Crippen molar-refractivity contribution in [3.05, 3.63) is 11.7 Å². The van der Waals surface area contributed by atoms with Gasteiger partial charge in [0, 0.05) is 19.5 Å². The molecule has 1 aromatic rings. The first-order chi connectivity index (χ1) is 8.33. The van der Waals surface area contributed by atoms with Gasteiger partial charge in [0.15, 0.2) is 5.82 Å². The minimum atomic E-state index is 0.421. The van der Waals surface area contributed by atoms with Gasteiger partial charge < -0.3 is 14.7 Å². The quantitative estimate of drug-likeness (QED) is 0.802. The molecule has 1 aromatic heterocycles. The smallest absolute Gasteiger partial charge is 0.231 e. The second kappa shape index (κ2) is 6.12. The number of nitrogens with zero attached hydrogens (tertiary/aromatic N) is 3. The molecule has 1 saturated heterocycles. The molecule has 5 nitrogen and oxygen atoms in total. The Labute approximate surface area is 103 Å². The van der Waals surface area contributed by atoms with Crippen LogP contribution in [0.25, 0.3) is 0 Å². The maximum Gasteiger partial charge on any atom is 0.231 e. The highest BCUT2D eigenvalue weighted by atomic mass is 16.5. The monoisotopic (exact) mass is 238 g/mol. The number of aromatic nitrogens is 2. The summed E-state index contributed by atoms with van der Waals surface area (Å²) in [6.07, 6.45) is 1.99. The molecule has 1 aliphatic heterocycles. The van der Waals surface area contributed by atoms with Crippen LogP contribution in [0.1, 0.15) is 37.9 Å². The SMILES string of the molecule is CCN(CC)CCc1noc(C2CCNC2)n1. The highest BCUT2D eigenvalue weighted by Gasteiger charge is 2.22. The second-order valence-corrected chi connectivity index (χ2v) is 4.52. The molecule has 0 spiro atoms. The van der Waals surface area contributed by atoms with Gasteiger partial charge in [-0.1, -0.05) is 19.0 Å². The van der Waals surface area contributed by atoms with E-state index in [0.717, 1.165) is 57.3 Å². The largest absolute Gasteiger partial charge is 0.339 e. The van der Waals surface area contributed by atoms with Crippen molar-refractivity contribution in [1.29, 1.82) is 0 Å². The molecule has 0 radical (unpaired) electrons. The summed E-state index contributed by atoms with van der Waals surface area (Å²) in [5, 5.41) is 7.37. The van der Waals surface area contributed by atoms with Gasteiger partial charge in [-0.15, -0.1) is 0 Å². The summed E-state index contributed by atoms with van der Waals surface area (Å²) in [4.78, 5) is 6.86. The van der Waals surface area contributed by atoms with E-state index in [4.69, 9.17) is 4.52 Å². The molecule has 0 bridgehead atoms. The van der Waals surface area contributed by atoms with Crippen LogP contribution < -0.4 is 5.32 Å². The molecule has 0 aliphatic carbocycles. The van der Waals surface area contributed by atoms with Crippen molar-refractivity contribution in [3.8, 4) is 0 Å². The summed E-state index contributed by atoms with van der Waals surface area (Å²) in [5.41, 5.74) is 0. The van der Waals surface area contributed by atoms with Crippen molar-refractivity contribution in [3.63, 3.8) is 0 Å². The van der Waals surface area contributed by atoms with E-state index in [1.807, 2.05) is 0 Å².